The molecule has 2 rings (SSSR count). The van der Waals surface area contributed by atoms with E-state index in [0.29, 0.717) is 18.3 Å². The van der Waals surface area contributed by atoms with Gasteiger partial charge >= 0.3 is 5.97 Å². The summed E-state index contributed by atoms with van der Waals surface area (Å²) < 4.78 is 0. The first-order chi connectivity index (χ1) is 8.93. The molecule has 3 nitrogen and oxygen atoms in total. The molecular formula is C15H23NO2S. The Bertz CT molecular complexity index is 445. The molecule has 0 aromatic carbocycles. The molecule has 1 aromatic rings. The van der Waals surface area contributed by atoms with Crippen molar-refractivity contribution in [3.63, 3.8) is 0 Å². The maximum Gasteiger partial charge on any atom is 0.310 e. The molecule has 0 bridgehead atoms. The Balaban J connectivity index is 2.10. The van der Waals surface area contributed by atoms with E-state index >= 15 is 0 Å². The van der Waals surface area contributed by atoms with Gasteiger partial charge in [-0.1, -0.05) is 13.8 Å². The summed E-state index contributed by atoms with van der Waals surface area (Å²) in [7, 11) is 0. The monoisotopic (exact) mass is 281 g/mol. The number of thiazole rings is 1. The molecule has 106 valence electrons. The molecule has 0 radical (unpaired) electrons. The van der Waals surface area contributed by atoms with Crippen LogP contribution in [0.4, 0.5) is 0 Å². The second kappa shape index (κ2) is 5.61. The van der Waals surface area contributed by atoms with Crippen LogP contribution in [0.1, 0.15) is 50.2 Å². The second-order valence-electron chi connectivity index (χ2n) is 6.20. The molecular weight excluding hydrogens is 258 g/mol. The highest BCUT2D eigenvalue weighted by Crippen LogP contribution is 2.43. The van der Waals surface area contributed by atoms with E-state index in [1.165, 1.54) is 0 Å². The van der Waals surface area contributed by atoms with Crippen molar-refractivity contribution in [3.05, 3.63) is 16.1 Å². The van der Waals surface area contributed by atoms with Gasteiger partial charge in [-0.2, -0.15) is 0 Å². The van der Waals surface area contributed by atoms with Gasteiger partial charge in [-0.15, -0.1) is 11.3 Å². The molecule has 1 heterocycles. The van der Waals surface area contributed by atoms with Crippen molar-refractivity contribution >= 4 is 17.3 Å². The Kier molecular flexibility index (Phi) is 4.29. The number of carboxylic acids is 1. The van der Waals surface area contributed by atoms with E-state index in [1.54, 1.807) is 11.3 Å². The molecule has 1 aliphatic carbocycles. The molecule has 4 heteroatoms. The Morgan fingerprint density at radius 2 is 2.16 bits per heavy atom. The third-order valence-electron chi connectivity index (χ3n) is 4.57. The van der Waals surface area contributed by atoms with Crippen molar-refractivity contribution in [2.24, 2.45) is 17.3 Å². The quantitative estimate of drug-likeness (QED) is 0.910. The highest BCUT2D eigenvalue weighted by molar-refractivity contribution is 7.09. The van der Waals surface area contributed by atoms with E-state index in [0.717, 1.165) is 36.4 Å². The molecule has 0 amide bonds. The van der Waals surface area contributed by atoms with Crippen LogP contribution in [0.25, 0.3) is 0 Å². The third kappa shape index (κ3) is 3.16. The smallest absolute Gasteiger partial charge is 0.310 e. The van der Waals surface area contributed by atoms with Crippen molar-refractivity contribution in [2.45, 2.75) is 52.9 Å². The fraction of sp³-hybridized carbons (Fsp3) is 0.733. The number of carboxylic acid groups (broad SMARTS) is 1. The van der Waals surface area contributed by atoms with Crippen LogP contribution < -0.4 is 0 Å². The number of aromatic nitrogens is 1. The number of rotatable bonds is 4. The van der Waals surface area contributed by atoms with Crippen LogP contribution in [0.3, 0.4) is 0 Å². The molecule has 0 saturated heterocycles. The normalized spacial score (nSPS) is 27.7. The van der Waals surface area contributed by atoms with Crippen LogP contribution in [0.5, 0.6) is 0 Å². The summed E-state index contributed by atoms with van der Waals surface area (Å²) in [6, 6.07) is 0. The minimum Gasteiger partial charge on any atom is -0.481 e. The molecule has 1 fully saturated rings. The summed E-state index contributed by atoms with van der Waals surface area (Å²) in [6.45, 7) is 6.45. The van der Waals surface area contributed by atoms with Crippen molar-refractivity contribution in [1.29, 1.82) is 0 Å². The average molecular weight is 281 g/mol. The van der Waals surface area contributed by atoms with Gasteiger partial charge in [0.1, 0.15) is 0 Å². The lowest BCUT2D eigenvalue weighted by Crippen LogP contribution is -2.38. The fourth-order valence-electron chi connectivity index (χ4n) is 3.16. The van der Waals surface area contributed by atoms with Gasteiger partial charge in [-0.25, -0.2) is 4.98 Å². The van der Waals surface area contributed by atoms with Gasteiger partial charge in [0.2, 0.25) is 0 Å². The van der Waals surface area contributed by atoms with Gasteiger partial charge in [0, 0.05) is 11.8 Å². The van der Waals surface area contributed by atoms with Crippen LogP contribution in [0.2, 0.25) is 0 Å². The van der Waals surface area contributed by atoms with E-state index < -0.39 is 11.4 Å². The number of aliphatic carboxylic acids is 1. The molecule has 1 saturated carbocycles. The van der Waals surface area contributed by atoms with Gasteiger partial charge in [0.25, 0.3) is 0 Å². The van der Waals surface area contributed by atoms with Crippen LogP contribution in [0, 0.1) is 24.2 Å². The van der Waals surface area contributed by atoms with E-state index in [4.69, 9.17) is 0 Å². The first-order valence-corrected chi connectivity index (χ1v) is 7.95. The van der Waals surface area contributed by atoms with Crippen molar-refractivity contribution in [1.82, 2.24) is 4.98 Å². The van der Waals surface area contributed by atoms with Crippen molar-refractivity contribution < 1.29 is 9.90 Å². The van der Waals surface area contributed by atoms with E-state index in [1.807, 2.05) is 12.3 Å². The Hall–Kier alpha value is -0.900. The Labute approximate surface area is 119 Å². The van der Waals surface area contributed by atoms with Crippen molar-refractivity contribution in [2.75, 3.05) is 0 Å². The summed E-state index contributed by atoms with van der Waals surface area (Å²) in [5, 5.41) is 12.7. The first-order valence-electron chi connectivity index (χ1n) is 7.07. The minimum absolute atomic E-state index is 0.577. The number of hydrogen-bond acceptors (Lipinski definition) is 3. The summed E-state index contributed by atoms with van der Waals surface area (Å²) >= 11 is 1.60. The fourth-order valence-corrected chi connectivity index (χ4v) is 3.77. The minimum atomic E-state index is -0.639. The molecule has 1 aliphatic rings. The number of aryl methyl sites for hydroxylation is 1. The second-order valence-corrected chi connectivity index (χ2v) is 7.26. The Morgan fingerprint density at radius 1 is 1.53 bits per heavy atom. The molecule has 0 spiro atoms. The van der Waals surface area contributed by atoms with Gasteiger partial charge in [0.15, 0.2) is 0 Å². The van der Waals surface area contributed by atoms with Crippen LogP contribution in [0.15, 0.2) is 5.38 Å². The zero-order chi connectivity index (χ0) is 14.0. The summed E-state index contributed by atoms with van der Waals surface area (Å²) in [6.07, 6.45) is 4.25. The predicted molar refractivity (Wildman–Crippen MR) is 77.4 cm³/mol. The van der Waals surface area contributed by atoms with Crippen molar-refractivity contribution in [3.8, 4) is 0 Å². The lowest BCUT2D eigenvalue weighted by molar-refractivity contribution is -0.152. The van der Waals surface area contributed by atoms with Gasteiger partial charge in [0.05, 0.1) is 16.1 Å². The molecule has 0 unspecified atom stereocenters. The van der Waals surface area contributed by atoms with Gasteiger partial charge in [-0.3, -0.25) is 4.79 Å². The molecule has 19 heavy (non-hydrogen) atoms. The predicted octanol–water partition coefficient (Wildman–Crippen LogP) is 3.91. The van der Waals surface area contributed by atoms with E-state index in [-0.39, 0.29) is 0 Å². The first kappa shape index (κ1) is 14.5. The Morgan fingerprint density at radius 3 is 2.58 bits per heavy atom. The summed E-state index contributed by atoms with van der Waals surface area (Å²) in [5.74, 6) is 0.707. The highest BCUT2D eigenvalue weighted by Gasteiger charge is 2.42. The lowest BCUT2D eigenvalue weighted by atomic mass is 9.66. The maximum absolute atomic E-state index is 11.7. The largest absolute Gasteiger partial charge is 0.481 e. The third-order valence-corrected chi connectivity index (χ3v) is 5.39. The van der Waals surface area contributed by atoms with Crippen LogP contribution in [-0.2, 0) is 11.2 Å². The van der Waals surface area contributed by atoms with E-state index in [9.17, 15) is 9.90 Å². The summed E-state index contributed by atoms with van der Waals surface area (Å²) in [5.41, 5.74) is 0.374. The lowest BCUT2D eigenvalue weighted by Gasteiger charge is -2.38. The number of carbonyl (C=O) groups is 1. The molecule has 0 aliphatic heterocycles. The number of nitrogens with zero attached hydrogens (tertiary/aromatic N) is 1. The number of hydrogen-bond donors (Lipinski definition) is 1. The van der Waals surface area contributed by atoms with Crippen LogP contribution >= 0.6 is 11.3 Å². The standard InChI is InChI=1S/C15H23NO2S/c1-10(2)12-4-6-15(7-5-12,14(17)18)8-13-9-19-11(3)16-13/h9-10,12H,4-8H2,1-3H3,(H,17,18). The van der Waals surface area contributed by atoms with E-state index in [2.05, 4.69) is 18.8 Å². The molecule has 1 N–H and O–H groups in total. The molecule has 0 atom stereocenters. The maximum atomic E-state index is 11.7. The van der Waals surface area contributed by atoms with Gasteiger partial charge in [-0.05, 0) is 44.4 Å². The average Bonchev–Trinajstić information content (AvgIpc) is 2.75. The van der Waals surface area contributed by atoms with Gasteiger partial charge < -0.3 is 5.11 Å². The summed E-state index contributed by atoms with van der Waals surface area (Å²) in [4.78, 5) is 16.2. The SMILES string of the molecule is Cc1nc(CC2(C(=O)O)CCC(C(C)C)CC2)cs1. The zero-order valence-electron chi connectivity index (χ0n) is 12.0. The van der Waals surface area contributed by atoms with Crippen LogP contribution in [-0.4, -0.2) is 16.1 Å². The molecule has 1 aromatic heterocycles. The topological polar surface area (TPSA) is 50.2 Å². The highest BCUT2D eigenvalue weighted by atomic mass is 32.1. The zero-order valence-corrected chi connectivity index (χ0v) is 12.8.